The molecule has 0 aliphatic carbocycles. The normalized spacial score (nSPS) is 19.6. The molecule has 1 saturated heterocycles. The van der Waals surface area contributed by atoms with E-state index in [1.807, 2.05) is 4.90 Å². The van der Waals surface area contributed by atoms with Crippen LogP contribution in [0.1, 0.15) is 38.7 Å². The highest BCUT2D eigenvalue weighted by Crippen LogP contribution is 2.31. The van der Waals surface area contributed by atoms with Crippen LogP contribution in [0.5, 0.6) is 0 Å². The SMILES string of the molecule is CCNC(=NCCCN1CCCC1=O)NCCN1c2ccccc2CC1C. The molecule has 6 heteroatoms. The third kappa shape index (κ3) is 5.15. The highest BCUT2D eigenvalue weighted by atomic mass is 16.2. The molecule has 2 N–H and O–H groups in total. The van der Waals surface area contributed by atoms with Gasteiger partial charge in [-0.15, -0.1) is 0 Å². The molecule has 3 rings (SSSR count). The Morgan fingerprint density at radius 3 is 2.89 bits per heavy atom. The number of aliphatic imine (C=N–C) groups is 1. The molecule has 1 atom stereocenters. The molecule has 0 saturated carbocycles. The lowest BCUT2D eigenvalue weighted by Crippen LogP contribution is -2.43. The standard InChI is InChI=1S/C21H33N5O/c1-3-22-21(23-11-7-14-25-13-6-10-20(25)27)24-12-15-26-17(2)16-18-8-4-5-9-19(18)26/h4-5,8-9,17H,3,6-7,10-16H2,1-2H3,(H2,22,23,24). The lowest BCUT2D eigenvalue weighted by molar-refractivity contribution is -0.127. The first-order chi connectivity index (χ1) is 13.2. The number of nitrogens with one attached hydrogen (secondary N) is 2. The molecule has 0 radical (unpaired) electrons. The number of para-hydroxylation sites is 1. The average molecular weight is 372 g/mol. The van der Waals surface area contributed by atoms with Crippen molar-refractivity contribution in [3.8, 4) is 0 Å². The molecule has 1 aromatic carbocycles. The fourth-order valence-corrected chi connectivity index (χ4v) is 4.00. The van der Waals surface area contributed by atoms with E-state index >= 15 is 0 Å². The zero-order chi connectivity index (χ0) is 19.1. The van der Waals surface area contributed by atoms with Gasteiger partial charge >= 0.3 is 0 Å². The van der Waals surface area contributed by atoms with Gasteiger partial charge in [0.1, 0.15) is 0 Å². The monoisotopic (exact) mass is 371 g/mol. The van der Waals surface area contributed by atoms with Crippen molar-refractivity contribution in [3.63, 3.8) is 0 Å². The molecular weight excluding hydrogens is 338 g/mol. The Kier molecular flexibility index (Phi) is 6.96. The predicted molar refractivity (Wildman–Crippen MR) is 111 cm³/mol. The number of guanidine groups is 1. The highest BCUT2D eigenvalue weighted by molar-refractivity contribution is 5.80. The lowest BCUT2D eigenvalue weighted by Gasteiger charge is -2.25. The van der Waals surface area contributed by atoms with E-state index in [1.54, 1.807) is 0 Å². The van der Waals surface area contributed by atoms with E-state index in [-0.39, 0.29) is 0 Å². The summed E-state index contributed by atoms with van der Waals surface area (Å²) in [7, 11) is 0. The van der Waals surface area contributed by atoms with Crippen LogP contribution >= 0.6 is 0 Å². The molecule has 1 amide bonds. The van der Waals surface area contributed by atoms with Gasteiger partial charge in [0.2, 0.25) is 5.91 Å². The van der Waals surface area contributed by atoms with Crippen molar-refractivity contribution < 1.29 is 4.79 Å². The summed E-state index contributed by atoms with van der Waals surface area (Å²) in [4.78, 5) is 20.7. The summed E-state index contributed by atoms with van der Waals surface area (Å²) < 4.78 is 0. The maximum atomic E-state index is 11.6. The van der Waals surface area contributed by atoms with Crippen molar-refractivity contribution in [2.45, 2.75) is 45.6 Å². The fourth-order valence-electron chi connectivity index (χ4n) is 4.00. The number of amides is 1. The fraction of sp³-hybridized carbons (Fsp3) is 0.619. The molecule has 6 nitrogen and oxygen atoms in total. The van der Waals surface area contributed by atoms with Gasteiger partial charge in [0.15, 0.2) is 5.96 Å². The Hall–Kier alpha value is -2.24. The Labute approximate surface area is 163 Å². The van der Waals surface area contributed by atoms with Crippen LogP contribution in [0.25, 0.3) is 0 Å². The van der Waals surface area contributed by atoms with Crippen molar-refractivity contribution in [2.75, 3.05) is 44.2 Å². The quantitative estimate of drug-likeness (QED) is 0.417. The molecule has 0 spiro atoms. The lowest BCUT2D eigenvalue weighted by atomic mass is 10.1. The van der Waals surface area contributed by atoms with Crippen molar-refractivity contribution in [2.24, 2.45) is 4.99 Å². The molecule has 148 valence electrons. The zero-order valence-electron chi connectivity index (χ0n) is 16.7. The molecule has 2 aliphatic rings. The highest BCUT2D eigenvalue weighted by Gasteiger charge is 2.24. The van der Waals surface area contributed by atoms with Gasteiger partial charge in [0.25, 0.3) is 0 Å². The van der Waals surface area contributed by atoms with Gasteiger partial charge in [0.05, 0.1) is 0 Å². The molecule has 0 bridgehead atoms. The van der Waals surface area contributed by atoms with Crippen molar-refractivity contribution in [3.05, 3.63) is 29.8 Å². The van der Waals surface area contributed by atoms with Gasteiger partial charge in [0, 0.05) is 57.4 Å². The van der Waals surface area contributed by atoms with Gasteiger partial charge in [-0.25, -0.2) is 0 Å². The minimum atomic E-state index is 0.295. The van der Waals surface area contributed by atoms with Crippen LogP contribution in [0.4, 0.5) is 5.69 Å². The number of anilines is 1. The van der Waals surface area contributed by atoms with Crippen LogP contribution in [0.3, 0.4) is 0 Å². The van der Waals surface area contributed by atoms with Crippen LogP contribution in [-0.2, 0) is 11.2 Å². The predicted octanol–water partition coefficient (Wildman–Crippen LogP) is 2.01. The van der Waals surface area contributed by atoms with Gasteiger partial charge in [-0.3, -0.25) is 9.79 Å². The minimum absolute atomic E-state index is 0.295. The molecule has 0 aromatic heterocycles. The van der Waals surface area contributed by atoms with E-state index < -0.39 is 0 Å². The van der Waals surface area contributed by atoms with E-state index in [9.17, 15) is 4.79 Å². The Morgan fingerprint density at radius 2 is 2.11 bits per heavy atom. The largest absolute Gasteiger partial charge is 0.367 e. The van der Waals surface area contributed by atoms with Gasteiger partial charge < -0.3 is 20.4 Å². The maximum absolute atomic E-state index is 11.6. The second kappa shape index (κ2) is 9.62. The summed E-state index contributed by atoms with van der Waals surface area (Å²) >= 11 is 0. The first-order valence-corrected chi connectivity index (χ1v) is 10.3. The van der Waals surface area contributed by atoms with Gasteiger partial charge in [-0.1, -0.05) is 18.2 Å². The van der Waals surface area contributed by atoms with E-state index in [0.29, 0.717) is 18.4 Å². The smallest absolute Gasteiger partial charge is 0.222 e. The number of benzene rings is 1. The first-order valence-electron chi connectivity index (χ1n) is 10.3. The summed E-state index contributed by atoms with van der Waals surface area (Å²) in [6.07, 6.45) is 3.76. The molecule has 27 heavy (non-hydrogen) atoms. The first kappa shape index (κ1) is 19.5. The van der Waals surface area contributed by atoms with E-state index in [1.165, 1.54) is 11.3 Å². The maximum Gasteiger partial charge on any atom is 0.222 e. The Balaban J connectivity index is 1.43. The number of rotatable bonds is 8. The number of likely N-dealkylation sites (tertiary alicyclic amines) is 1. The van der Waals surface area contributed by atoms with Crippen LogP contribution < -0.4 is 15.5 Å². The molecule has 1 fully saturated rings. The number of fused-ring (bicyclic) bond motifs is 1. The summed E-state index contributed by atoms with van der Waals surface area (Å²) in [6, 6.07) is 9.24. The van der Waals surface area contributed by atoms with Gasteiger partial charge in [-0.2, -0.15) is 0 Å². The molecule has 1 unspecified atom stereocenters. The summed E-state index contributed by atoms with van der Waals surface area (Å²) in [5.74, 6) is 1.16. The second-order valence-corrected chi connectivity index (χ2v) is 7.40. The summed E-state index contributed by atoms with van der Waals surface area (Å²) in [6.45, 7) is 9.51. The summed E-state index contributed by atoms with van der Waals surface area (Å²) in [5, 5.41) is 6.77. The van der Waals surface area contributed by atoms with Crippen molar-refractivity contribution in [1.82, 2.24) is 15.5 Å². The minimum Gasteiger partial charge on any atom is -0.367 e. The number of nitrogens with zero attached hydrogens (tertiary/aromatic N) is 3. The zero-order valence-corrected chi connectivity index (χ0v) is 16.7. The molecular formula is C21H33N5O. The van der Waals surface area contributed by atoms with Crippen LogP contribution in [0.2, 0.25) is 0 Å². The topological polar surface area (TPSA) is 60.0 Å². The number of carbonyl (C=O) groups excluding carboxylic acids is 1. The number of carbonyl (C=O) groups is 1. The Morgan fingerprint density at radius 1 is 1.26 bits per heavy atom. The third-order valence-electron chi connectivity index (χ3n) is 5.37. The molecule has 2 heterocycles. The van der Waals surface area contributed by atoms with Crippen LogP contribution in [0.15, 0.2) is 29.3 Å². The molecule has 1 aromatic rings. The van der Waals surface area contributed by atoms with Crippen molar-refractivity contribution >= 4 is 17.6 Å². The third-order valence-corrected chi connectivity index (χ3v) is 5.37. The number of hydrogen-bond donors (Lipinski definition) is 2. The number of hydrogen-bond acceptors (Lipinski definition) is 3. The van der Waals surface area contributed by atoms with E-state index in [2.05, 4.69) is 58.6 Å². The molecule has 2 aliphatic heterocycles. The van der Waals surface area contributed by atoms with Gasteiger partial charge in [-0.05, 0) is 44.7 Å². The second-order valence-electron chi connectivity index (χ2n) is 7.40. The Bertz CT molecular complexity index is 660. The van der Waals surface area contributed by atoms with E-state index in [4.69, 9.17) is 0 Å². The van der Waals surface area contributed by atoms with Crippen LogP contribution in [-0.4, -0.2) is 62.1 Å². The van der Waals surface area contributed by atoms with Crippen molar-refractivity contribution in [1.29, 1.82) is 0 Å². The van der Waals surface area contributed by atoms with Crippen LogP contribution in [0, 0.1) is 0 Å². The average Bonchev–Trinajstić information content (AvgIpc) is 3.21. The summed E-state index contributed by atoms with van der Waals surface area (Å²) in [5.41, 5.74) is 2.81. The van der Waals surface area contributed by atoms with E-state index in [0.717, 1.165) is 64.5 Å².